The van der Waals surface area contributed by atoms with Gasteiger partial charge in [-0.15, -0.1) is 11.3 Å². The summed E-state index contributed by atoms with van der Waals surface area (Å²) in [5, 5.41) is 11.5. The maximum absolute atomic E-state index is 11.6. The lowest BCUT2D eigenvalue weighted by molar-refractivity contribution is -0.122. The first-order chi connectivity index (χ1) is 9.01. The van der Waals surface area contributed by atoms with Crippen LogP contribution in [0, 0.1) is 11.8 Å². The lowest BCUT2D eigenvalue weighted by Gasteiger charge is -2.16. The molecule has 1 aromatic rings. The first kappa shape index (κ1) is 15.7. The SMILES string of the molecule is CC(C)NC(=O)CN(C)Cc1ccc(C#CCO)s1. The molecule has 19 heavy (non-hydrogen) atoms. The molecule has 1 rings (SSSR count). The molecule has 0 aliphatic rings. The van der Waals surface area contributed by atoms with Gasteiger partial charge in [0.15, 0.2) is 0 Å². The maximum atomic E-state index is 11.6. The van der Waals surface area contributed by atoms with Crippen LogP contribution in [-0.4, -0.2) is 42.2 Å². The summed E-state index contributed by atoms with van der Waals surface area (Å²) in [6.07, 6.45) is 0. The number of carbonyl (C=O) groups is 1. The second-order valence-corrected chi connectivity index (χ2v) is 5.79. The minimum absolute atomic E-state index is 0.0364. The van der Waals surface area contributed by atoms with Gasteiger partial charge in [0, 0.05) is 17.5 Å². The van der Waals surface area contributed by atoms with Crippen molar-refractivity contribution >= 4 is 17.2 Å². The molecule has 0 saturated heterocycles. The summed E-state index contributed by atoms with van der Waals surface area (Å²) in [5.41, 5.74) is 0. The van der Waals surface area contributed by atoms with Crippen molar-refractivity contribution in [2.24, 2.45) is 0 Å². The Hall–Kier alpha value is -1.35. The van der Waals surface area contributed by atoms with Crippen LogP contribution in [0.4, 0.5) is 0 Å². The zero-order chi connectivity index (χ0) is 14.3. The molecule has 0 aliphatic heterocycles. The highest BCUT2D eigenvalue weighted by atomic mass is 32.1. The van der Waals surface area contributed by atoms with Crippen molar-refractivity contribution in [3.8, 4) is 11.8 Å². The van der Waals surface area contributed by atoms with E-state index >= 15 is 0 Å². The van der Waals surface area contributed by atoms with Gasteiger partial charge in [-0.3, -0.25) is 9.69 Å². The van der Waals surface area contributed by atoms with Crippen molar-refractivity contribution in [2.75, 3.05) is 20.2 Å². The van der Waals surface area contributed by atoms with Gasteiger partial charge in [-0.05, 0) is 33.0 Å². The monoisotopic (exact) mass is 280 g/mol. The Balaban J connectivity index is 2.46. The van der Waals surface area contributed by atoms with Crippen molar-refractivity contribution in [1.82, 2.24) is 10.2 Å². The number of aliphatic hydroxyl groups is 1. The third-order valence-corrected chi connectivity index (χ3v) is 3.23. The highest BCUT2D eigenvalue weighted by molar-refractivity contribution is 7.12. The summed E-state index contributed by atoms with van der Waals surface area (Å²) in [4.78, 5) is 15.7. The Morgan fingerprint density at radius 2 is 2.26 bits per heavy atom. The average Bonchev–Trinajstić information content (AvgIpc) is 2.72. The average molecular weight is 280 g/mol. The molecular formula is C14H20N2O2S. The number of aliphatic hydroxyl groups excluding tert-OH is 1. The van der Waals surface area contributed by atoms with Gasteiger partial charge in [0.25, 0.3) is 0 Å². The Morgan fingerprint density at radius 3 is 2.89 bits per heavy atom. The molecule has 0 aromatic carbocycles. The molecule has 1 heterocycles. The number of rotatable bonds is 5. The molecule has 0 radical (unpaired) electrons. The molecule has 0 saturated carbocycles. The molecule has 2 N–H and O–H groups in total. The van der Waals surface area contributed by atoms with Crippen LogP contribution in [0.25, 0.3) is 0 Å². The van der Waals surface area contributed by atoms with Crippen molar-refractivity contribution in [1.29, 1.82) is 0 Å². The smallest absolute Gasteiger partial charge is 0.234 e. The number of amides is 1. The van der Waals surface area contributed by atoms with Crippen LogP contribution >= 0.6 is 11.3 Å². The lowest BCUT2D eigenvalue weighted by Crippen LogP contribution is -2.38. The van der Waals surface area contributed by atoms with E-state index in [0.717, 1.165) is 16.3 Å². The standard InChI is InChI=1S/C14H20N2O2S/c1-11(2)15-14(18)10-16(3)9-13-7-6-12(19-13)5-4-8-17/h6-7,11,17H,8-10H2,1-3H3,(H,15,18). The largest absolute Gasteiger partial charge is 0.384 e. The van der Waals surface area contributed by atoms with E-state index < -0.39 is 0 Å². The first-order valence-electron chi connectivity index (χ1n) is 6.17. The van der Waals surface area contributed by atoms with Crippen molar-refractivity contribution in [3.63, 3.8) is 0 Å². The van der Waals surface area contributed by atoms with E-state index in [0.29, 0.717) is 6.54 Å². The normalized spacial score (nSPS) is 10.4. The van der Waals surface area contributed by atoms with Gasteiger partial charge in [-0.2, -0.15) is 0 Å². The van der Waals surface area contributed by atoms with E-state index in [1.807, 2.05) is 37.9 Å². The zero-order valence-electron chi connectivity index (χ0n) is 11.6. The van der Waals surface area contributed by atoms with Gasteiger partial charge >= 0.3 is 0 Å². The Bertz CT molecular complexity index is 471. The number of hydrogen-bond acceptors (Lipinski definition) is 4. The van der Waals surface area contributed by atoms with Crippen LogP contribution in [0.5, 0.6) is 0 Å². The lowest BCUT2D eigenvalue weighted by atomic mass is 10.3. The van der Waals surface area contributed by atoms with Crippen LogP contribution in [0.1, 0.15) is 23.6 Å². The van der Waals surface area contributed by atoms with Gasteiger partial charge in [0.05, 0.1) is 11.4 Å². The fourth-order valence-corrected chi connectivity index (χ4v) is 2.55. The Labute approximate surface area is 118 Å². The van der Waals surface area contributed by atoms with Crippen LogP contribution in [-0.2, 0) is 11.3 Å². The molecule has 1 aromatic heterocycles. The van der Waals surface area contributed by atoms with Gasteiger partial charge in [-0.25, -0.2) is 0 Å². The Morgan fingerprint density at radius 1 is 1.53 bits per heavy atom. The summed E-state index contributed by atoms with van der Waals surface area (Å²) in [6.45, 7) is 4.87. The molecule has 0 fully saturated rings. The molecule has 0 bridgehead atoms. The van der Waals surface area contributed by atoms with Crippen molar-refractivity contribution in [3.05, 3.63) is 21.9 Å². The highest BCUT2D eigenvalue weighted by Gasteiger charge is 2.09. The molecule has 104 valence electrons. The molecule has 0 aliphatic carbocycles. The number of hydrogen-bond donors (Lipinski definition) is 2. The van der Waals surface area contributed by atoms with Crippen LogP contribution in [0.2, 0.25) is 0 Å². The third-order valence-electron chi connectivity index (χ3n) is 2.24. The second kappa shape index (κ2) is 7.95. The highest BCUT2D eigenvalue weighted by Crippen LogP contribution is 2.16. The maximum Gasteiger partial charge on any atom is 0.234 e. The first-order valence-corrected chi connectivity index (χ1v) is 6.99. The molecule has 0 atom stereocenters. The molecule has 0 unspecified atom stereocenters. The van der Waals surface area contributed by atoms with E-state index in [2.05, 4.69) is 17.2 Å². The summed E-state index contributed by atoms with van der Waals surface area (Å²) in [6, 6.07) is 4.11. The van der Waals surface area contributed by atoms with E-state index in [9.17, 15) is 4.79 Å². The predicted molar refractivity (Wildman–Crippen MR) is 77.9 cm³/mol. The van der Waals surface area contributed by atoms with Crippen LogP contribution in [0.15, 0.2) is 12.1 Å². The molecule has 5 heteroatoms. The fourth-order valence-electron chi connectivity index (χ4n) is 1.59. The van der Waals surface area contributed by atoms with Gasteiger partial charge in [0.1, 0.15) is 6.61 Å². The quantitative estimate of drug-likeness (QED) is 0.793. The number of likely N-dealkylation sites (N-methyl/N-ethyl adjacent to an activating group) is 1. The Kier molecular flexibility index (Phi) is 6.57. The predicted octanol–water partition coefficient (Wildman–Crippen LogP) is 1.05. The van der Waals surface area contributed by atoms with E-state index in [1.165, 1.54) is 0 Å². The van der Waals surface area contributed by atoms with Crippen LogP contribution in [0.3, 0.4) is 0 Å². The van der Waals surface area contributed by atoms with Crippen molar-refractivity contribution < 1.29 is 9.90 Å². The third kappa shape index (κ3) is 6.39. The number of nitrogens with zero attached hydrogens (tertiary/aromatic N) is 1. The van der Waals surface area contributed by atoms with Gasteiger partial charge in [-0.1, -0.05) is 11.8 Å². The van der Waals surface area contributed by atoms with Gasteiger partial charge in [0.2, 0.25) is 5.91 Å². The van der Waals surface area contributed by atoms with E-state index in [1.54, 1.807) is 11.3 Å². The van der Waals surface area contributed by atoms with Crippen LogP contribution < -0.4 is 5.32 Å². The van der Waals surface area contributed by atoms with Gasteiger partial charge < -0.3 is 10.4 Å². The number of nitrogens with one attached hydrogen (secondary N) is 1. The zero-order valence-corrected chi connectivity index (χ0v) is 12.4. The molecule has 4 nitrogen and oxygen atoms in total. The molecule has 1 amide bonds. The van der Waals surface area contributed by atoms with E-state index in [-0.39, 0.29) is 18.6 Å². The number of thiophene rings is 1. The molecule has 0 spiro atoms. The minimum atomic E-state index is -0.123. The fraction of sp³-hybridized carbons (Fsp3) is 0.500. The summed E-state index contributed by atoms with van der Waals surface area (Å²) in [7, 11) is 1.92. The topological polar surface area (TPSA) is 52.6 Å². The van der Waals surface area contributed by atoms with Crippen molar-refractivity contribution in [2.45, 2.75) is 26.4 Å². The van der Waals surface area contributed by atoms with E-state index in [4.69, 9.17) is 5.11 Å². The summed E-state index contributed by atoms with van der Waals surface area (Å²) < 4.78 is 0. The second-order valence-electron chi connectivity index (χ2n) is 4.62. The number of carbonyl (C=O) groups excluding carboxylic acids is 1. The minimum Gasteiger partial charge on any atom is -0.384 e. The summed E-state index contributed by atoms with van der Waals surface area (Å²) >= 11 is 1.58. The molecular weight excluding hydrogens is 260 g/mol. The summed E-state index contributed by atoms with van der Waals surface area (Å²) in [5.74, 6) is 5.54.